The van der Waals surface area contributed by atoms with Crippen LogP contribution in [0.15, 0.2) is 18.2 Å². The highest BCUT2D eigenvalue weighted by Gasteiger charge is 2.03. The third kappa shape index (κ3) is 4.60. The van der Waals surface area contributed by atoms with Gasteiger partial charge in [0, 0.05) is 0 Å². The normalized spacial score (nSPS) is 10.2. The molecule has 1 aromatic rings. The van der Waals surface area contributed by atoms with E-state index in [1.165, 1.54) is 22.8 Å². The van der Waals surface area contributed by atoms with Gasteiger partial charge in [-0.25, -0.2) is 0 Å². The lowest BCUT2D eigenvalue weighted by Crippen LogP contribution is -1.99. The molecule has 0 heterocycles. The molecule has 0 radical (unpaired) electrons. The summed E-state index contributed by atoms with van der Waals surface area (Å²) in [5.41, 5.74) is 1.19. The highest BCUT2D eigenvalue weighted by atomic mass is 127. The summed E-state index contributed by atoms with van der Waals surface area (Å²) >= 11 is 2.40. The first kappa shape index (κ1) is 13.6. The summed E-state index contributed by atoms with van der Waals surface area (Å²) in [7, 11) is 1.68. The summed E-state index contributed by atoms with van der Waals surface area (Å²) < 4.78 is 12.2. The number of hydrogen-bond acceptors (Lipinski definition) is 2. The highest BCUT2D eigenvalue weighted by molar-refractivity contribution is 14.1. The molecule has 0 amide bonds. The molecule has 0 aromatic heterocycles. The van der Waals surface area contributed by atoms with E-state index in [4.69, 9.17) is 9.47 Å². The van der Waals surface area contributed by atoms with Crippen LogP contribution in [0, 0.1) is 6.92 Å². The Hall–Kier alpha value is -0.450. The molecule has 0 aliphatic rings. The topological polar surface area (TPSA) is 18.5 Å². The lowest BCUT2D eigenvalue weighted by Gasteiger charge is -2.10. The van der Waals surface area contributed by atoms with E-state index >= 15 is 0 Å². The number of halogens is 1. The first-order chi connectivity index (χ1) is 7.77. The van der Waals surface area contributed by atoms with E-state index in [0.29, 0.717) is 0 Å². The maximum Gasteiger partial charge on any atom is 0.161 e. The van der Waals surface area contributed by atoms with Gasteiger partial charge < -0.3 is 9.47 Å². The van der Waals surface area contributed by atoms with Crippen molar-refractivity contribution in [1.29, 1.82) is 0 Å². The number of hydrogen-bond donors (Lipinski definition) is 0. The molecular weight excluding hydrogens is 315 g/mol. The van der Waals surface area contributed by atoms with E-state index < -0.39 is 0 Å². The first-order valence-electron chi connectivity index (χ1n) is 5.61. The highest BCUT2D eigenvalue weighted by Crippen LogP contribution is 2.27. The number of alkyl halides is 1. The van der Waals surface area contributed by atoms with Crippen LogP contribution in [0.5, 0.6) is 11.5 Å². The van der Waals surface area contributed by atoms with Crippen LogP contribution in [0.25, 0.3) is 0 Å². The van der Waals surface area contributed by atoms with Crippen LogP contribution in [0.1, 0.15) is 24.8 Å². The lowest BCUT2D eigenvalue weighted by atomic mass is 10.2. The molecule has 90 valence electrons. The van der Waals surface area contributed by atoms with Crippen molar-refractivity contribution in [1.82, 2.24) is 0 Å². The van der Waals surface area contributed by atoms with Gasteiger partial charge in [-0.3, -0.25) is 0 Å². The van der Waals surface area contributed by atoms with Crippen LogP contribution in [0.2, 0.25) is 0 Å². The van der Waals surface area contributed by atoms with Crippen LogP contribution in [-0.2, 0) is 0 Å². The molecular formula is C13H19IO2. The van der Waals surface area contributed by atoms with E-state index in [1.54, 1.807) is 7.11 Å². The van der Waals surface area contributed by atoms with Gasteiger partial charge in [0.15, 0.2) is 11.5 Å². The maximum atomic E-state index is 5.70. The molecule has 0 atom stereocenters. The Morgan fingerprint density at radius 2 is 1.94 bits per heavy atom. The van der Waals surface area contributed by atoms with E-state index in [1.807, 2.05) is 25.1 Å². The second-order valence-corrected chi connectivity index (χ2v) is 4.83. The summed E-state index contributed by atoms with van der Waals surface area (Å²) in [5.74, 6) is 1.68. The zero-order chi connectivity index (χ0) is 11.8. The molecule has 0 N–H and O–H groups in total. The molecule has 1 rings (SSSR count). The van der Waals surface area contributed by atoms with Crippen molar-refractivity contribution in [3.05, 3.63) is 23.8 Å². The van der Waals surface area contributed by atoms with E-state index in [-0.39, 0.29) is 0 Å². The van der Waals surface area contributed by atoms with Crippen molar-refractivity contribution in [2.24, 2.45) is 0 Å². The van der Waals surface area contributed by atoms with E-state index in [2.05, 4.69) is 22.6 Å². The molecule has 0 spiro atoms. The van der Waals surface area contributed by atoms with Gasteiger partial charge in [0.05, 0.1) is 13.7 Å². The fourth-order valence-corrected chi connectivity index (χ4v) is 1.99. The smallest absolute Gasteiger partial charge is 0.161 e. The van der Waals surface area contributed by atoms with Gasteiger partial charge in [0.25, 0.3) is 0 Å². The average Bonchev–Trinajstić information content (AvgIpc) is 2.30. The van der Waals surface area contributed by atoms with Gasteiger partial charge in [-0.1, -0.05) is 28.7 Å². The van der Waals surface area contributed by atoms with Gasteiger partial charge in [0.2, 0.25) is 0 Å². The standard InChI is InChI=1S/C13H19IO2/c1-11-6-7-12(13(10-11)15-2)16-9-5-3-4-8-14/h6-7,10H,3-5,8-9H2,1-2H3. The van der Waals surface area contributed by atoms with Crippen LogP contribution in [-0.4, -0.2) is 18.1 Å². The minimum absolute atomic E-state index is 0.774. The maximum absolute atomic E-state index is 5.70. The number of unbranched alkanes of at least 4 members (excludes halogenated alkanes) is 2. The van der Waals surface area contributed by atoms with Crippen molar-refractivity contribution in [2.75, 3.05) is 18.1 Å². The van der Waals surface area contributed by atoms with Crippen molar-refractivity contribution >= 4 is 22.6 Å². The Morgan fingerprint density at radius 1 is 1.12 bits per heavy atom. The Balaban J connectivity index is 2.41. The molecule has 16 heavy (non-hydrogen) atoms. The van der Waals surface area contributed by atoms with Crippen molar-refractivity contribution < 1.29 is 9.47 Å². The quantitative estimate of drug-likeness (QED) is 0.426. The van der Waals surface area contributed by atoms with Crippen LogP contribution < -0.4 is 9.47 Å². The third-order valence-corrected chi connectivity index (χ3v) is 3.12. The zero-order valence-electron chi connectivity index (χ0n) is 9.96. The molecule has 3 heteroatoms. The molecule has 0 bridgehead atoms. The summed E-state index contributed by atoms with van der Waals surface area (Å²) in [6, 6.07) is 6.02. The predicted octanol–water partition coefficient (Wildman–Crippen LogP) is 3.99. The molecule has 0 unspecified atom stereocenters. The van der Waals surface area contributed by atoms with Crippen LogP contribution in [0.4, 0.5) is 0 Å². The summed E-state index contributed by atoms with van der Waals surface area (Å²) in [4.78, 5) is 0. The van der Waals surface area contributed by atoms with Crippen molar-refractivity contribution in [2.45, 2.75) is 26.2 Å². The number of methoxy groups -OCH3 is 1. The average molecular weight is 334 g/mol. The minimum atomic E-state index is 0.774. The second-order valence-electron chi connectivity index (χ2n) is 3.75. The fraction of sp³-hybridized carbons (Fsp3) is 0.538. The fourth-order valence-electron chi connectivity index (χ4n) is 1.45. The molecule has 0 saturated heterocycles. The molecule has 0 aliphatic heterocycles. The van der Waals surface area contributed by atoms with Crippen molar-refractivity contribution in [3.63, 3.8) is 0 Å². The van der Waals surface area contributed by atoms with E-state index in [0.717, 1.165) is 24.5 Å². The number of benzene rings is 1. The Kier molecular flexibility index (Phi) is 6.61. The van der Waals surface area contributed by atoms with Gasteiger partial charge in [-0.15, -0.1) is 0 Å². The molecule has 2 nitrogen and oxygen atoms in total. The van der Waals surface area contributed by atoms with Crippen molar-refractivity contribution in [3.8, 4) is 11.5 Å². The largest absolute Gasteiger partial charge is 0.493 e. The Morgan fingerprint density at radius 3 is 2.62 bits per heavy atom. The van der Waals surface area contributed by atoms with Gasteiger partial charge in [-0.05, 0) is 48.3 Å². The molecule has 0 aliphatic carbocycles. The zero-order valence-corrected chi connectivity index (χ0v) is 12.1. The number of aryl methyl sites for hydroxylation is 1. The Labute approximate surface area is 111 Å². The molecule has 0 fully saturated rings. The first-order valence-corrected chi connectivity index (χ1v) is 7.14. The number of rotatable bonds is 7. The molecule has 1 aromatic carbocycles. The van der Waals surface area contributed by atoms with Crippen LogP contribution in [0.3, 0.4) is 0 Å². The molecule has 0 saturated carbocycles. The van der Waals surface area contributed by atoms with Gasteiger partial charge in [-0.2, -0.15) is 0 Å². The third-order valence-electron chi connectivity index (χ3n) is 2.35. The monoisotopic (exact) mass is 334 g/mol. The van der Waals surface area contributed by atoms with Gasteiger partial charge in [0.1, 0.15) is 0 Å². The minimum Gasteiger partial charge on any atom is -0.493 e. The van der Waals surface area contributed by atoms with Crippen LogP contribution >= 0.6 is 22.6 Å². The SMILES string of the molecule is COc1cc(C)ccc1OCCCCCI. The summed E-state index contributed by atoms with van der Waals surface area (Å²) in [6.07, 6.45) is 3.62. The number of ether oxygens (including phenoxy) is 2. The summed E-state index contributed by atoms with van der Waals surface area (Å²) in [5, 5.41) is 0. The summed E-state index contributed by atoms with van der Waals surface area (Å²) in [6.45, 7) is 2.82. The Bertz CT molecular complexity index is 313. The van der Waals surface area contributed by atoms with Gasteiger partial charge >= 0.3 is 0 Å². The van der Waals surface area contributed by atoms with E-state index in [9.17, 15) is 0 Å². The lowest BCUT2D eigenvalue weighted by molar-refractivity contribution is 0.286. The predicted molar refractivity (Wildman–Crippen MR) is 76.0 cm³/mol. The second kappa shape index (κ2) is 7.76.